The van der Waals surface area contributed by atoms with Crippen LogP contribution in [0.1, 0.15) is 6.42 Å². The van der Waals surface area contributed by atoms with Crippen molar-refractivity contribution in [1.82, 2.24) is 20.2 Å². The Morgan fingerprint density at radius 1 is 1.39 bits per heavy atom. The standard InChI is InChI=1S/C10H8Br2N4O2/c11-6-1-2-7(8(12)5-6)10-13-14-15-16(10)4-3-9(17)18/h1-2,5H,3-4H2,(H,17,18). The summed E-state index contributed by atoms with van der Waals surface area (Å²) in [5.74, 6) is -0.345. The molecule has 0 atom stereocenters. The minimum absolute atomic E-state index is 0.0216. The number of hydrogen-bond acceptors (Lipinski definition) is 4. The third-order valence-electron chi connectivity index (χ3n) is 2.24. The second-order valence-corrected chi connectivity index (χ2v) is 5.26. The molecule has 0 saturated carbocycles. The van der Waals surface area contributed by atoms with Crippen molar-refractivity contribution in [3.63, 3.8) is 0 Å². The van der Waals surface area contributed by atoms with E-state index in [0.29, 0.717) is 5.82 Å². The molecule has 0 saturated heterocycles. The Kier molecular flexibility index (Phi) is 4.07. The Bertz CT molecular complexity index is 585. The highest BCUT2D eigenvalue weighted by Crippen LogP contribution is 2.29. The predicted octanol–water partition coefficient (Wildman–Crippen LogP) is 2.34. The molecule has 6 nitrogen and oxygen atoms in total. The van der Waals surface area contributed by atoms with Crippen molar-refractivity contribution in [1.29, 1.82) is 0 Å². The fourth-order valence-corrected chi connectivity index (χ4v) is 2.64. The highest BCUT2D eigenvalue weighted by Gasteiger charge is 2.13. The molecule has 94 valence electrons. The molecule has 1 heterocycles. The third kappa shape index (κ3) is 2.94. The summed E-state index contributed by atoms with van der Waals surface area (Å²) in [4.78, 5) is 10.6. The van der Waals surface area contributed by atoms with Crippen LogP contribution in [0.5, 0.6) is 0 Å². The lowest BCUT2D eigenvalue weighted by Gasteiger charge is -2.05. The molecule has 0 bridgehead atoms. The van der Waals surface area contributed by atoms with E-state index in [1.54, 1.807) is 0 Å². The predicted molar refractivity (Wildman–Crippen MR) is 70.9 cm³/mol. The molecule has 1 N–H and O–H groups in total. The molecule has 0 aliphatic heterocycles. The molecule has 0 radical (unpaired) electrons. The normalized spacial score (nSPS) is 10.6. The van der Waals surface area contributed by atoms with Crippen molar-refractivity contribution in [2.45, 2.75) is 13.0 Å². The molecule has 1 aromatic carbocycles. The molecular formula is C10H8Br2N4O2. The van der Waals surface area contributed by atoms with Crippen LogP contribution in [0.15, 0.2) is 27.1 Å². The lowest BCUT2D eigenvalue weighted by Crippen LogP contribution is -2.07. The summed E-state index contributed by atoms with van der Waals surface area (Å²) in [6.07, 6.45) is -0.0216. The molecule has 1 aromatic heterocycles. The topological polar surface area (TPSA) is 80.9 Å². The largest absolute Gasteiger partial charge is 0.481 e. The van der Waals surface area contributed by atoms with Gasteiger partial charge < -0.3 is 5.11 Å². The Morgan fingerprint density at radius 3 is 2.83 bits per heavy atom. The maximum atomic E-state index is 10.6. The lowest BCUT2D eigenvalue weighted by atomic mass is 10.2. The van der Waals surface area contributed by atoms with E-state index in [-0.39, 0.29) is 13.0 Å². The molecule has 0 aliphatic rings. The zero-order valence-electron chi connectivity index (χ0n) is 9.05. The van der Waals surface area contributed by atoms with Crippen LogP contribution in [-0.4, -0.2) is 31.3 Å². The van der Waals surface area contributed by atoms with Gasteiger partial charge in [0.2, 0.25) is 0 Å². The first-order chi connectivity index (χ1) is 8.58. The van der Waals surface area contributed by atoms with Crippen LogP contribution in [-0.2, 0) is 11.3 Å². The van der Waals surface area contributed by atoms with Gasteiger partial charge >= 0.3 is 5.97 Å². The number of nitrogens with zero attached hydrogens (tertiary/aromatic N) is 4. The van der Waals surface area contributed by atoms with Gasteiger partial charge in [0.05, 0.1) is 13.0 Å². The average molecular weight is 376 g/mol. The Morgan fingerprint density at radius 2 is 2.17 bits per heavy atom. The summed E-state index contributed by atoms with van der Waals surface area (Å²) in [5.41, 5.74) is 0.814. The van der Waals surface area contributed by atoms with E-state index in [4.69, 9.17) is 5.11 Å². The van der Waals surface area contributed by atoms with E-state index in [2.05, 4.69) is 47.4 Å². The summed E-state index contributed by atoms with van der Waals surface area (Å²) in [5, 5.41) is 20.0. The van der Waals surface area contributed by atoms with Gasteiger partial charge in [0.1, 0.15) is 0 Å². The van der Waals surface area contributed by atoms with Gasteiger partial charge in [-0.05, 0) is 44.6 Å². The Balaban J connectivity index is 2.33. The number of benzene rings is 1. The minimum atomic E-state index is -0.883. The van der Waals surface area contributed by atoms with Crippen LogP contribution in [0.2, 0.25) is 0 Å². The zero-order valence-corrected chi connectivity index (χ0v) is 12.2. The molecule has 0 spiro atoms. The second-order valence-electron chi connectivity index (χ2n) is 3.49. The maximum absolute atomic E-state index is 10.6. The van der Waals surface area contributed by atoms with Crippen LogP contribution < -0.4 is 0 Å². The van der Waals surface area contributed by atoms with E-state index in [9.17, 15) is 4.79 Å². The zero-order chi connectivity index (χ0) is 13.1. The molecule has 2 rings (SSSR count). The molecule has 0 fully saturated rings. The van der Waals surface area contributed by atoms with E-state index < -0.39 is 5.97 Å². The number of carboxylic acids is 1. The third-order valence-corrected chi connectivity index (χ3v) is 3.39. The molecule has 0 aliphatic carbocycles. The molecule has 0 unspecified atom stereocenters. The number of aliphatic carboxylic acids is 1. The van der Waals surface area contributed by atoms with Gasteiger partial charge in [-0.3, -0.25) is 4.79 Å². The number of rotatable bonds is 4. The van der Waals surface area contributed by atoms with E-state index in [0.717, 1.165) is 14.5 Å². The number of tetrazole rings is 1. The highest BCUT2D eigenvalue weighted by atomic mass is 79.9. The van der Waals surface area contributed by atoms with Crippen LogP contribution in [0, 0.1) is 0 Å². The fourth-order valence-electron chi connectivity index (χ4n) is 1.42. The van der Waals surface area contributed by atoms with Crippen molar-refractivity contribution in [2.75, 3.05) is 0 Å². The first-order valence-electron chi connectivity index (χ1n) is 5.01. The second kappa shape index (κ2) is 5.57. The highest BCUT2D eigenvalue weighted by molar-refractivity contribution is 9.11. The van der Waals surface area contributed by atoms with E-state index in [1.165, 1.54) is 4.68 Å². The summed E-state index contributed by atoms with van der Waals surface area (Å²) in [6, 6.07) is 5.61. The van der Waals surface area contributed by atoms with Crippen molar-refractivity contribution in [3.8, 4) is 11.4 Å². The molecule has 8 heteroatoms. The minimum Gasteiger partial charge on any atom is -0.481 e. The van der Waals surface area contributed by atoms with Gasteiger partial charge in [-0.2, -0.15) is 0 Å². The molecular weight excluding hydrogens is 368 g/mol. The van der Waals surface area contributed by atoms with Gasteiger partial charge in [-0.25, -0.2) is 4.68 Å². The number of carboxylic acid groups (broad SMARTS) is 1. The summed E-state index contributed by atoms with van der Waals surface area (Å²) < 4.78 is 3.24. The van der Waals surface area contributed by atoms with E-state index >= 15 is 0 Å². The Labute approximate surface area is 119 Å². The number of aromatic nitrogens is 4. The smallest absolute Gasteiger partial charge is 0.305 e. The number of halogens is 2. The van der Waals surface area contributed by atoms with E-state index in [1.807, 2.05) is 18.2 Å². The van der Waals surface area contributed by atoms with Gasteiger partial charge in [0, 0.05) is 14.5 Å². The van der Waals surface area contributed by atoms with Crippen molar-refractivity contribution < 1.29 is 9.90 Å². The first-order valence-corrected chi connectivity index (χ1v) is 6.60. The van der Waals surface area contributed by atoms with Crippen LogP contribution in [0.25, 0.3) is 11.4 Å². The lowest BCUT2D eigenvalue weighted by molar-refractivity contribution is -0.137. The van der Waals surface area contributed by atoms with Crippen molar-refractivity contribution in [2.24, 2.45) is 0 Å². The van der Waals surface area contributed by atoms with Gasteiger partial charge in [0.15, 0.2) is 5.82 Å². The molecule has 0 amide bonds. The summed E-state index contributed by atoms with van der Waals surface area (Å²) in [6.45, 7) is 0.236. The van der Waals surface area contributed by atoms with Crippen molar-refractivity contribution >= 4 is 37.8 Å². The first kappa shape index (κ1) is 13.2. The van der Waals surface area contributed by atoms with Crippen LogP contribution in [0.3, 0.4) is 0 Å². The maximum Gasteiger partial charge on any atom is 0.305 e. The summed E-state index contributed by atoms with van der Waals surface area (Å²) >= 11 is 6.79. The van der Waals surface area contributed by atoms with Gasteiger partial charge in [-0.1, -0.05) is 15.9 Å². The van der Waals surface area contributed by atoms with Crippen LogP contribution >= 0.6 is 31.9 Å². The SMILES string of the molecule is O=C(O)CCn1nnnc1-c1ccc(Br)cc1Br. The molecule has 2 aromatic rings. The number of hydrogen-bond donors (Lipinski definition) is 1. The molecule has 18 heavy (non-hydrogen) atoms. The monoisotopic (exact) mass is 374 g/mol. The van der Waals surface area contributed by atoms with Crippen molar-refractivity contribution in [3.05, 3.63) is 27.1 Å². The summed E-state index contributed by atoms with van der Waals surface area (Å²) in [7, 11) is 0. The average Bonchev–Trinajstić information content (AvgIpc) is 2.74. The number of aryl methyl sites for hydroxylation is 1. The van der Waals surface area contributed by atoms with Gasteiger partial charge in [-0.15, -0.1) is 5.10 Å². The quantitative estimate of drug-likeness (QED) is 0.886. The van der Waals surface area contributed by atoms with Crippen LogP contribution in [0.4, 0.5) is 0 Å². The fraction of sp³-hybridized carbons (Fsp3) is 0.200. The number of carbonyl (C=O) groups is 1. The Hall–Kier alpha value is -1.28. The van der Waals surface area contributed by atoms with Gasteiger partial charge in [0.25, 0.3) is 0 Å².